The molecule has 0 aliphatic carbocycles. The fourth-order valence-electron chi connectivity index (χ4n) is 1.40. The molecule has 0 saturated heterocycles. The van der Waals surface area contributed by atoms with Gasteiger partial charge in [0.25, 0.3) is 0 Å². The summed E-state index contributed by atoms with van der Waals surface area (Å²) in [5.41, 5.74) is 6.59. The molecule has 2 rings (SSSR count). The maximum Gasteiger partial charge on any atom is 0.241 e. The number of sulfonamides is 1. The molecule has 1 heterocycles. The Morgan fingerprint density at radius 1 is 1.44 bits per heavy atom. The van der Waals surface area contributed by atoms with Crippen LogP contribution in [-0.2, 0) is 16.6 Å². The van der Waals surface area contributed by atoms with Crippen LogP contribution in [0.15, 0.2) is 23.1 Å². The zero-order chi connectivity index (χ0) is 13.2. The van der Waals surface area contributed by atoms with E-state index in [1.165, 1.54) is 6.07 Å². The number of hydrogen-bond acceptors (Lipinski definition) is 6. The number of hydrogen-bond donors (Lipinski definition) is 3. The molecule has 18 heavy (non-hydrogen) atoms. The van der Waals surface area contributed by atoms with E-state index in [0.29, 0.717) is 11.3 Å². The summed E-state index contributed by atoms with van der Waals surface area (Å²) in [6, 6.07) is 4.71. The lowest BCUT2D eigenvalue weighted by molar-refractivity contribution is 0.578. The third kappa shape index (κ3) is 2.63. The normalized spacial score (nSPS) is 11.6. The summed E-state index contributed by atoms with van der Waals surface area (Å²) in [6.07, 6.45) is 0. The van der Waals surface area contributed by atoms with Crippen molar-refractivity contribution in [3.8, 4) is 0 Å². The van der Waals surface area contributed by atoms with E-state index < -0.39 is 10.0 Å². The molecule has 2 aromatic rings. The van der Waals surface area contributed by atoms with Gasteiger partial charge in [-0.15, -0.1) is 10.2 Å². The lowest BCUT2D eigenvalue weighted by atomic mass is 10.2. The van der Waals surface area contributed by atoms with Crippen molar-refractivity contribution >= 4 is 15.7 Å². The number of nitrogens with one attached hydrogen (secondary N) is 2. The van der Waals surface area contributed by atoms with Gasteiger partial charge < -0.3 is 5.73 Å². The van der Waals surface area contributed by atoms with Crippen LogP contribution in [0.2, 0.25) is 0 Å². The van der Waals surface area contributed by atoms with E-state index in [9.17, 15) is 8.42 Å². The molecule has 0 aliphatic heterocycles. The van der Waals surface area contributed by atoms with Gasteiger partial charge in [0.2, 0.25) is 10.0 Å². The third-order valence-electron chi connectivity index (χ3n) is 2.31. The molecule has 0 radical (unpaired) electrons. The first-order valence-electron chi connectivity index (χ1n) is 5.07. The van der Waals surface area contributed by atoms with Gasteiger partial charge in [0.05, 0.1) is 11.4 Å². The Kier molecular flexibility index (Phi) is 3.26. The highest BCUT2D eigenvalue weighted by molar-refractivity contribution is 7.89. The molecule has 0 bridgehead atoms. The number of nitrogen functional groups attached to an aromatic ring is 1. The predicted octanol–water partition coefficient (Wildman–Crippen LogP) is -0.431. The summed E-state index contributed by atoms with van der Waals surface area (Å²) >= 11 is 0. The number of aryl methyl sites for hydroxylation is 1. The summed E-state index contributed by atoms with van der Waals surface area (Å²) in [7, 11) is -3.64. The van der Waals surface area contributed by atoms with Crippen LogP contribution in [0.4, 0.5) is 5.69 Å². The molecule has 0 aliphatic rings. The number of nitrogens with two attached hydrogens (primary N) is 1. The third-order valence-corrected chi connectivity index (χ3v) is 3.85. The Balaban J connectivity index is 2.22. The SMILES string of the molecule is Cc1ccc(N)cc1S(=O)(=O)NCc1nn[nH]n1. The molecule has 9 heteroatoms. The molecule has 4 N–H and O–H groups in total. The van der Waals surface area contributed by atoms with E-state index in [-0.39, 0.29) is 17.3 Å². The average Bonchev–Trinajstić information content (AvgIpc) is 2.83. The van der Waals surface area contributed by atoms with Gasteiger partial charge in [-0.1, -0.05) is 11.3 Å². The second kappa shape index (κ2) is 4.70. The minimum absolute atomic E-state index is 0.0347. The van der Waals surface area contributed by atoms with Crippen molar-refractivity contribution in [2.45, 2.75) is 18.4 Å². The lowest BCUT2D eigenvalue weighted by Gasteiger charge is -2.08. The number of H-pyrrole nitrogens is 1. The quantitative estimate of drug-likeness (QED) is 0.646. The van der Waals surface area contributed by atoms with Crippen molar-refractivity contribution in [3.63, 3.8) is 0 Å². The molecule has 0 saturated carbocycles. The smallest absolute Gasteiger partial charge is 0.241 e. The lowest BCUT2D eigenvalue weighted by Crippen LogP contribution is -2.24. The maximum atomic E-state index is 12.0. The fourth-order valence-corrected chi connectivity index (χ4v) is 2.66. The highest BCUT2D eigenvalue weighted by atomic mass is 32.2. The first-order chi connectivity index (χ1) is 8.49. The molecule has 0 unspecified atom stereocenters. The Hall–Kier alpha value is -2.00. The Morgan fingerprint density at radius 2 is 2.22 bits per heavy atom. The van der Waals surface area contributed by atoms with Crippen molar-refractivity contribution in [1.29, 1.82) is 0 Å². The van der Waals surface area contributed by atoms with E-state index in [1.54, 1.807) is 19.1 Å². The van der Waals surface area contributed by atoms with Crippen molar-refractivity contribution in [2.24, 2.45) is 0 Å². The summed E-state index contributed by atoms with van der Waals surface area (Å²) in [6.45, 7) is 1.66. The van der Waals surface area contributed by atoms with Crippen LogP contribution in [-0.4, -0.2) is 29.0 Å². The summed E-state index contributed by atoms with van der Waals surface area (Å²) in [5.74, 6) is 0.264. The molecule has 1 aromatic carbocycles. The standard InChI is InChI=1S/C9H12N6O2S/c1-6-2-3-7(10)4-8(6)18(16,17)11-5-9-12-14-15-13-9/h2-4,11H,5,10H2,1H3,(H,12,13,14,15). The van der Waals surface area contributed by atoms with Gasteiger partial charge in [0.15, 0.2) is 5.82 Å². The van der Waals surface area contributed by atoms with Crippen LogP contribution in [0.5, 0.6) is 0 Å². The minimum Gasteiger partial charge on any atom is -0.399 e. The summed E-state index contributed by atoms with van der Waals surface area (Å²) < 4.78 is 26.5. The number of anilines is 1. The summed E-state index contributed by atoms with van der Waals surface area (Å²) in [5, 5.41) is 12.9. The van der Waals surface area contributed by atoms with Gasteiger partial charge >= 0.3 is 0 Å². The van der Waals surface area contributed by atoms with Crippen molar-refractivity contribution in [1.82, 2.24) is 25.3 Å². The highest BCUT2D eigenvalue weighted by Crippen LogP contribution is 2.18. The maximum absolute atomic E-state index is 12.0. The monoisotopic (exact) mass is 268 g/mol. The van der Waals surface area contributed by atoms with Crippen molar-refractivity contribution < 1.29 is 8.42 Å². The number of rotatable bonds is 4. The number of aromatic amines is 1. The molecule has 1 aromatic heterocycles. The molecule has 8 nitrogen and oxygen atoms in total. The van der Waals surface area contributed by atoms with Crippen LogP contribution in [0.25, 0.3) is 0 Å². The van der Waals surface area contributed by atoms with Gasteiger partial charge in [-0.25, -0.2) is 13.1 Å². The van der Waals surface area contributed by atoms with Gasteiger partial charge in [-0.2, -0.15) is 5.21 Å². The van der Waals surface area contributed by atoms with Gasteiger partial charge in [0.1, 0.15) is 0 Å². The van der Waals surface area contributed by atoms with E-state index in [4.69, 9.17) is 5.73 Å². The Morgan fingerprint density at radius 3 is 2.89 bits per heavy atom. The highest BCUT2D eigenvalue weighted by Gasteiger charge is 2.17. The summed E-state index contributed by atoms with van der Waals surface area (Å²) in [4.78, 5) is 0.144. The molecule has 0 amide bonds. The fraction of sp³-hybridized carbons (Fsp3) is 0.222. The molecular formula is C9H12N6O2S. The predicted molar refractivity (Wildman–Crippen MR) is 63.8 cm³/mol. The minimum atomic E-state index is -3.64. The van der Waals surface area contributed by atoms with Crippen LogP contribution in [0, 0.1) is 6.92 Å². The molecule has 0 spiro atoms. The van der Waals surface area contributed by atoms with Crippen molar-refractivity contribution in [3.05, 3.63) is 29.6 Å². The first-order valence-corrected chi connectivity index (χ1v) is 6.55. The second-order valence-electron chi connectivity index (χ2n) is 3.68. The zero-order valence-corrected chi connectivity index (χ0v) is 10.4. The van der Waals surface area contributed by atoms with E-state index >= 15 is 0 Å². The van der Waals surface area contributed by atoms with Gasteiger partial charge in [-0.3, -0.25) is 0 Å². The number of benzene rings is 1. The largest absolute Gasteiger partial charge is 0.399 e. The zero-order valence-electron chi connectivity index (χ0n) is 9.58. The van der Waals surface area contributed by atoms with Crippen molar-refractivity contribution in [2.75, 3.05) is 5.73 Å². The molecular weight excluding hydrogens is 256 g/mol. The number of aromatic nitrogens is 4. The molecule has 0 fully saturated rings. The van der Waals surface area contributed by atoms with E-state index in [0.717, 1.165) is 0 Å². The van der Waals surface area contributed by atoms with Gasteiger partial charge in [-0.05, 0) is 24.6 Å². The first kappa shape index (κ1) is 12.5. The number of tetrazole rings is 1. The van der Waals surface area contributed by atoms with Crippen LogP contribution < -0.4 is 10.5 Å². The molecule has 0 atom stereocenters. The van der Waals surface area contributed by atoms with E-state index in [1.807, 2.05) is 0 Å². The Labute approximate surface area is 104 Å². The van der Waals surface area contributed by atoms with Crippen LogP contribution in [0.1, 0.15) is 11.4 Å². The topological polar surface area (TPSA) is 127 Å². The van der Waals surface area contributed by atoms with Crippen LogP contribution >= 0.6 is 0 Å². The number of nitrogens with zero attached hydrogens (tertiary/aromatic N) is 3. The Bertz CT molecular complexity index is 637. The molecule has 96 valence electrons. The van der Waals surface area contributed by atoms with Crippen LogP contribution in [0.3, 0.4) is 0 Å². The average molecular weight is 268 g/mol. The van der Waals surface area contributed by atoms with E-state index in [2.05, 4.69) is 25.3 Å². The second-order valence-corrected chi connectivity index (χ2v) is 5.41. The van der Waals surface area contributed by atoms with Gasteiger partial charge in [0, 0.05) is 5.69 Å².